The molecule has 1 unspecified atom stereocenters. The van der Waals surface area contributed by atoms with E-state index in [0.717, 1.165) is 5.56 Å². The number of nitrogens with one attached hydrogen (secondary N) is 1. The van der Waals surface area contributed by atoms with Crippen molar-refractivity contribution in [1.29, 1.82) is 0 Å². The topological polar surface area (TPSA) is 38.0 Å². The Kier molecular flexibility index (Phi) is 4.28. The van der Waals surface area contributed by atoms with E-state index in [9.17, 15) is 8.78 Å². The first-order chi connectivity index (χ1) is 9.38. The van der Waals surface area contributed by atoms with Crippen LogP contribution < -0.4 is 11.1 Å². The normalized spacial score (nSPS) is 12.2. The summed E-state index contributed by atoms with van der Waals surface area (Å²) in [5.74, 6) is -0.661. The molecule has 1 atom stereocenters. The number of nitrogen functional groups attached to an aromatic ring is 1. The maximum absolute atomic E-state index is 13.6. The van der Waals surface area contributed by atoms with Crippen LogP contribution in [0.5, 0.6) is 0 Å². The number of aryl methyl sites for hydroxylation is 1. The first-order valence-electron chi connectivity index (χ1n) is 6.15. The van der Waals surface area contributed by atoms with Gasteiger partial charge in [-0.1, -0.05) is 12.1 Å². The lowest BCUT2D eigenvalue weighted by Crippen LogP contribution is -2.09. The Balaban J connectivity index is 2.25. The van der Waals surface area contributed by atoms with Gasteiger partial charge in [-0.2, -0.15) is 0 Å². The van der Waals surface area contributed by atoms with Gasteiger partial charge >= 0.3 is 0 Å². The SMILES string of the molecule is Cc1ccc(C(C)Nc2cc(Br)c(F)cc2N)cc1F. The molecule has 5 heteroatoms. The highest BCUT2D eigenvalue weighted by molar-refractivity contribution is 9.10. The molecule has 2 rings (SSSR count). The smallest absolute Gasteiger partial charge is 0.139 e. The van der Waals surface area contributed by atoms with E-state index in [1.165, 1.54) is 12.1 Å². The summed E-state index contributed by atoms with van der Waals surface area (Å²) < 4.78 is 27.2. The van der Waals surface area contributed by atoms with Gasteiger partial charge in [0.2, 0.25) is 0 Å². The molecule has 2 aromatic rings. The third kappa shape index (κ3) is 3.10. The summed E-state index contributed by atoms with van der Waals surface area (Å²) in [6.45, 7) is 3.60. The quantitative estimate of drug-likeness (QED) is 0.788. The molecule has 0 saturated carbocycles. The van der Waals surface area contributed by atoms with Gasteiger partial charge in [0.25, 0.3) is 0 Å². The first-order valence-corrected chi connectivity index (χ1v) is 6.95. The van der Waals surface area contributed by atoms with Gasteiger partial charge in [-0.25, -0.2) is 8.78 Å². The lowest BCUT2D eigenvalue weighted by molar-refractivity contribution is 0.614. The molecule has 0 fully saturated rings. The van der Waals surface area contributed by atoms with Crippen LogP contribution in [0.3, 0.4) is 0 Å². The molecule has 0 aliphatic rings. The van der Waals surface area contributed by atoms with Crippen molar-refractivity contribution < 1.29 is 8.78 Å². The molecule has 2 nitrogen and oxygen atoms in total. The van der Waals surface area contributed by atoms with E-state index in [2.05, 4.69) is 21.2 Å². The zero-order valence-electron chi connectivity index (χ0n) is 11.2. The molecule has 0 bridgehead atoms. The average Bonchev–Trinajstić information content (AvgIpc) is 2.39. The van der Waals surface area contributed by atoms with E-state index >= 15 is 0 Å². The van der Waals surface area contributed by atoms with Crippen LogP contribution in [0.2, 0.25) is 0 Å². The predicted octanol–water partition coefficient (Wildman–Crippen LogP) is 4.79. The number of nitrogens with two attached hydrogens (primary N) is 1. The third-order valence-electron chi connectivity index (χ3n) is 3.16. The summed E-state index contributed by atoms with van der Waals surface area (Å²) in [6.07, 6.45) is 0. The number of rotatable bonds is 3. The monoisotopic (exact) mass is 340 g/mol. The molecular weight excluding hydrogens is 326 g/mol. The second kappa shape index (κ2) is 5.79. The highest BCUT2D eigenvalue weighted by Gasteiger charge is 2.11. The fourth-order valence-electron chi connectivity index (χ4n) is 1.88. The molecule has 0 amide bonds. The van der Waals surface area contributed by atoms with Crippen LogP contribution in [-0.4, -0.2) is 0 Å². The van der Waals surface area contributed by atoms with Gasteiger partial charge in [-0.3, -0.25) is 0 Å². The number of benzene rings is 2. The van der Waals surface area contributed by atoms with Gasteiger partial charge in [0, 0.05) is 12.1 Å². The van der Waals surface area contributed by atoms with Crippen LogP contribution >= 0.6 is 15.9 Å². The van der Waals surface area contributed by atoms with Gasteiger partial charge < -0.3 is 11.1 Å². The van der Waals surface area contributed by atoms with Gasteiger partial charge in [0.1, 0.15) is 11.6 Å². The standard InChI is InChI=1S/C15H15BrF2N2/c1-8-3-4-10(5-12(8)17)9(2)20-15-6-11(16)13(18)7-14(15)19/h3-7,9,20H,19H2,1-2H3. The molecule has 106 valence electrons. The minimum absolute atomic E-state index is 0.148. The van der Waals surface area contributed by atoms with Gasteiger partial charge in [0.15, 0.2) is 0 Å². The summed E-state index contributed by atoms with van der Waals surface area (Å²) in [7, 11) is 0. The van der Waals surface area contributed by atoms with Gasteiger partial charge in [-0.05, 0) is 53.0 Å². The van der Waals surface area contributed by atoms with Crippen molar-refractivity contribution in [1.82, 2.24) is 0 Å². The largest absolute Gasteiger partial charge is 0.397 e. The molecule has 2 aromatic carbocycles. The number of hydrogen-bond donors (Lipinski definition) is 2. The Morgan fingerprint density at radius 2 is 1.85 bits per heavy atom. The highest BCUT2D eigenvalue weighted by atomic mass is 79.9. The maximum Gasteiger partial charge on any atom is 0.139 e. The zero-order chi connectivity index (χ0) is 14.9. The Bertz CT molecular complexity index is 644. The van der Waals surface area contributed by atoms with Gasteiger partial charge in [0.05, 0.1) is 15.8 Å². The summed E-state index contributed by atoms with van der Waals surface area (Å²) in [4.78, 5) is 0. The van der Waals surface area contributed by atoms with Crippen molar-refractivity contribution >= 4 is 27.3 Å². The van der Waals surface area contributed by atoms with Crippen LogP contribution in [0.25, 0.3) is 0 Å². The van der Waals surface area contributed by atoms with E-state index < -0.39 is 5.82 Å². The Hall–Kier alpha value is -1.62. The van der Waals surface area contributed by atoms with Crippen molar-refractivity contribution in [2.45, 2.75) is 19.9 Å². The summed E-state index contributed by atoms with van der Waals surface area (Å²) in [6, 6.07) is 7.74. The Morgan fingerprint density at radius 1 is 1.15 bits per heavy atom. The van der Waals surface area contributed by atoms with E-state index in [1.54, 1.807) is 19.1 Å². The molecule has 0 radical (unpaired) electrons. The Labute approximate surface area is 125 Å². The highest BCUT2D eigenvalue weighted by Crippen LogP contribution is 2.30. The van der Waals surface area contributed by atoms with Gasteiger partial charge in [-0.15, -0.1) is 0 Å². The van der Waals surface area contributed by atoms with Crippen LogP contribution in [0, 0.1) is 18.6 Å². The van der Waals surface area contributed by atoms with E-state index in [4.69, 9.17) is 5.73 Å². The third-order valence-corrected chi connectivity index (χ3v) is 3.77. The summed E-state index contributed by atoms with van der Waals surface area (Å²) in [5, 5.41) is 3.15. The fraction of sp³-hybridized carbons (Fsp3) is 0.200. The molecule has 0 aliphatic heterocycles. The van der Waals surface area contributed by atoms with E-state index in [1.807, 2.05) is 13.0 Å². The lowest BCUT2D eigenvalue weighted by atomic mass is 10.1. The number of halogens is 3. The molecule has 3 N–H and O–H groups in total. The molecule has 0 heterocycles. The van der Waals surface area contributed by atoms with Crippen molar-refractivity contribution in [3.05, 3.63) is 57.6 Å². The minimum Gasteiger partial charge on any atom is -0.397 e. The molecule has 0 aromatic heterocycles. The summed E-state index contributed by atoms with van der Waals surface area (Å²) >= 11 is 3.12. The van der Waals surface area contributed by atoms with E-state index in [-0.39, 0.29) is 11.9 Å². The van der Waals surface area contributed by atoms with Crippen molar-refractivity contribution in [3.8, 4) is 0 Å². The molecule has 0 spiro atoms. The first kappa shape index (κ1) is 14.8. The van der Waals surface area contributed by atoms with Crippen LogP contribution in [0.4, 0.5) is 20.2 Å². The van der Waals surface area contributed by atoms with Crippen LogP contribution in [0.1, 0.15) is 24.1 Å². The fourth-order valence-corrected chi connectivity index (χ4v) is 2.23. The molecule has 0 saturated heterocycles. The lowest BCUT2D eigenvalue weighted by Gasteiger charge is -2.18. The Morgan fingerprint density at radius 3 is 2.50 bits per heavy atom. The number of anilines is 2. The average molecular weight is 341 g/mol. The van der Waals surface area contributed by atoms with E-state index in [0.29, 0.717) is 21.4 Å². The summed E-state index contributed by atoms with van der Waals surface area (Å²) in [5.41, 5.74) is 8.09. The van der Waals surface area contributed by atoms with Crippen molar-refractivity contribution in [3.63, 3.8) is 0 Å². The van der Waals surface area contributed by atoms with Crippen LogP contribution in [-0.2, 0) is 0 Å². The van der Waals surface area contributed by atoms with Crippen LogP contribution in [0.15, 0.2) is 34.8 Å². The van der Waals surface area contributed by atoms with Crippen molar-refractivity contribution in [2.75, 3.05) is 11.1 Å². The van der Waals surface area contributed by atoms with Crippen molar-refractivity contribution in [2.24, 2.45) is 0 Å². The molecule has 20 heavy (non-hydrogen) atoms. The molecular formula is C15H15BrF2N2. The zero-order valence-corrected chi connectivity index (χ0v) is 12.8. The minimum atomic E-state index is -0.415. The number of hydrogen-bond acceptors (Lipinski definition) is 2. The maximum atomic E-state index is 13.6. The molecule has 0 aliphatic carbocycles. The second-order valence-electron chi connectivity index (χ2n) is 4.73. The second-order valence-corrected chi connectivity index (χ2v) is 5.58. The predicted molar refractivity (Wildman–Crippen MR) is 81.7 cm³/mol.